The van der Waals surface area contributed by atoms with E-state index < -0.39 is 5.97 Å². The highest BCUT2D eigenvalue weighted by molar-refractivity contribution is 6.00. The highest BCUT2D eigenvalue weighted by Crippen LogP contribution is 2.21. The quantitative estimate of drug-likeness (QED) is 0.506. The molecule has 152 valence electrons. The zero-order chi connectivity index (χ0) is 19.8. The summed E-state index contributed by atoms with van der Waals surface area (Å²) in [5.74, 6) is -0.537. The van der Waals surface area contributed by atoms with Gasteiger partial charge in [-0.1, -0.05) is 20.3 Å². The molecule has 0 aliphatic carbocycles. The first-order valence-corrected chi connectivity index (χ1v) is 10.0. The molecule has 0 radical (unpaired) electrons. The molecule has 1 amide bonds. The zero-order valence-electron chi connectivity index (χ0n) is 17.2. The standard InChI is InChI=1S/C20H34N4O3/c1-5-8-16-17(20(26)27-4)15(3)22-18(16)19(25)21-9-7-10-24-13-11-23(6-2)12-14-24/h22H,5-14H2,1-4H3,(H,21,25). The van der Waals surface area contributed by atoms with Gasteiger partial charge in [0.15, 0.2) is 0 Å². The third kappa shape index (κ3) is 5.56. The van der Waals surface area contributed by atoms with Crippen molar-refractivity contribution < 1.29 is 14.3 Å². The normalized spacial score (nSPS) is 15.7. The largest absolute Gasteiger partial charge is 0.465 e. The Morgan fingerprint density at radius 2 is 1.81 bits per heavy atom. The van der Waals surface area contributed by atoms with Crippen molar-refractivity contribution in [1.82, 2.24) is 20.1 Å². The van der Waals surface area contributed by atoms with E-state index in [1.54, 1.807) is 6.92 Å². The highest BCUT2D eigenvalue weighted by atomic mass is 16.5. The lowest BCUT2D eigenvalue weighted by Gasteiger charge is -2.33. The smallest absolute Gasteiger partial charge is 0.339 e. The van der Waals surface area contributed by atoms with Gasteiger partial charge in [0.1, 0.15) is 5.69 Å². The molecule has 1 aliphatic heterocycles. The number of hydrogen-bond acceptors (Lipinski definition) is 5. The van der Waals surface area contributed by atoms with Gasteiger partial charge in [0.25, 0.3) is 5.91 Å². The SMILES string of the molecule is CCCc1c(C(=O)NCCCN2CCN(CC)CC2)[nH]c(C)c1C(=O)OC. The molecule has 2 heterocycles. The van der Waals surface area contributed by atoms with Crippen molar-refractivity contribution in [2.24, 2.45) is 0 Å². The van der Waals surface area contributed by atoms with E-state index in [-0.39, 0.29) is 5.91 Å². The van der Waals surface area contributed by atoms with Gasteiger partial charge in [-0.3, -0.25) is 4.79 Å². The molecular weight excluding hydrogens is 344 g/mol. The van der Waals surface area contributed by atoms with Crippen LogP contribution in [0.1, 0.15) is 58.8 Å². The van der Waals surface area contributed by atoms with Crippen LogP contribution in [0.4, 0.5) is 0 Å². The van der Waals surface area contributed by atoms with Crippen molar-refractivity contribution in [3.05, 3.63) is 22.5 Å². The molecule has 0 spiro atoms. The monoisotopic (exact) mass is 378 g/mol. The number of aryl methyl sites for hydroxylation is 1. The molecule has 1 saturated heterocycles. The number of nitrogens with zero attached hydrogens (tertiary/aromatic N) is 2. The summed E-state index contributed by atoms with van der Waals surface area (Å²) in [5.41, 5.74) is 2.43. The van der Waals surface area contributed by atoms with Crippen LogP contribution in [0, 0.1) is 6.92 Å². The number of likely N-dealkylation sites (N-methyl/N-ethyl adjacent to an activating group) is 1. The number of H-pyrrole nitrogens is 1. The number of piperazine rings is 1. The fourth-order valence-electron chi connectivity index (χ4n) is 3.67. The van der Waals surface area contributed by atoms with Gasteiger partial charge in [-0.2, -0.15) is 0 Å². The first-order chi connectivity index (χ1) is 13.0. The van der Waals surface area contributed by atoms with Gasteiger partial charge in [0.2, 0.25) is 0 Å². The second-order valence-corrected chi connectivity index (χ2v) is 7.11. The molecule has 7 heteroatoms. The maximum absolute atomic E-state index is 12.6. The molecule has 1 aliphatic rings. The van der Waals surface area contributed by atoms with Crippen molar-refractivity contribution in [2.75, 3.05) is 52.9 Å². The van der Waals surface area contributed by atoms with Crippen molar-refractivity contribution in [2.45, 2.75) is 40.0 Å². The van der Waals surface area contributed by atoms with Gasteiger partial charge in [0.05, 0.1) is 12.7 Å². The average Bonchev–Trinajstić information content (AvgIpc) is 3.01. The first kappa shape index (κ1) is 21.4. The second kappa shape index (κ2) is 10.5. The van der Waals surface area contributed by atoms with E-state index >= 15 is 0 Å². The van der Waals surface area contributed by atoms with Crippen LogP contribution in [-0.4, -0.2) is 79.6 Å². The minimum absolute atomic E-state index is 0.146. The molecule has 1 aromatic rings. The first-order valence-electron chi connectivity index (χ1n) is 10.0. The number of esters is 1. The fraction of sp³-hybridized carbons (Fsp3) is 0.700. The van der Waals surface area contributed by atoms with Crippen LogP contribution in [0.5, 0.6) is 0 Å². The number of carbonyl (C=O) groups excluding carboxylic acids is 2. The Hall–Kier alpha value is -1.86. The number of carbonyl (C=O) groups is 2. The van der Waals surface area contributed by atoms with Crippen molar-refractivity contribution in [3.63, 3.8) is 0 Å². The molecule has 1 aromatic heterocycles. The van der Waals surface area contributed by atoms with Crippen LogP contribution >= 0.6 is 0 Å². The maximum Gasteiger partial charge on any atom is 0.339 e. The van der Waals surface area contributed by atoms with Crippen molar-refractivity contribution >= 4 is 11.9 Å². The minimum Gasteiger partial charge on any atom is -0.465 e. The van der Waals surface area contributed by atoms with Crippen LogP contribution < -0.4 is 5.32 Å². The lowest BCUT2D eigenvalue weighted by atomic mass is 10.0. The lowest BCUT2D eigenvalue weighted by Crippen LogP contribution is -2.46. The number of ether oxygens (including phenoxy) is 1. The van der Waals surface area contributed by atoms with Crippen LogP contribution in [0.2, 0.25) is 0 Å². The van der Waals surface area contributed by atoms with Crippen LogP contribution in [0.25, 0.3) is 0 Å². The van der Waals surface area contributed by atoms with Crippen molar-refractivity contribution in [3.8, 4) is 0 Å². The van der Waals surface area contributed by atoms with Crippen LogP contribution in [-0.2, 0) is 11.2 Å². The Morgan fingerprint density at radius 1 is 1.15 bits per heavy atom. The summed E-state index contributed by atoms with van der Waals surface area (Å²) in [7, 11) is 1.37. The predicted molar refractivity (Wildman–Crippen MR) is 106 cm³/mol. The molecule has 1 fully saturated rings. The molecule has 0 saturated carbocycles. The topological polar surface area (TPSA) is 77.7 Å². The number of methoxy groups -OCH3 is 1. The third-order valence-corrected chi connectivity index (χ3v) is 5.26. The predicted octanol–water partition coefficient (Wildman–Crippen LogP) is 1.82. The summed E-state index contributed by atoms with van der Waals surface area (Å²) in [5, 5.41) is 3.00. The van der Waals surface area contributed by atoms with E-state index in [0.717, 1.165) is 57.7 Å². The lowest BCUT2D eigenvalue weighted by molar-refractivity contribution is 0.0599. The summed E-state index contributed by atoms with van der Waals surface area (Å²) in [4.78, 5) is 32.7. The second-order valence-electron chi connectivity index (χ2n) is 7.11. The Bertz CT molecular complexity index is 633. The Kier molecular flexibility index (Phi) is 8.31. The molecule has 0 bridgehead atoms. The number of hydrogen-bond donors (Lipinski definition) is 2. The molecule has 2 N–H and O–H groups in total. The summed E-state index contributed by atoms with van der Waals surface area (Å²) < 4.78 is 4.88. The number of rotatable bonds is 9. The van der Waals surface area contributed by atoms with E-state index in [1.807, 2.05) is 6.92 Å². The molecule has 0 unspecified atom stereocenters. The molecular formula is C20H34N4O3. The van der Waals surface area contributed by atoms with E-state index in [9.17, 15) is 9.59 Å². The van der Waals surface area contributed by atoms with Crippen molar-refractivity contribution in [1.29, 1.82) is 0 Å². The van der Waals surface area contributed by atoms with Gasteiger partial charge < -0.3 is 24.8 Å². The van der Waals surface area contributed by atoms with E-state index in [4.69, 9.17) is 4.74 Å². The molecule has 27 heavy (non-hydrogen) atoms. The van der Waals surface area contributed by atoms with Crippen LogP contribution in [0.15, 0.2) is 0 Å². The Morgan fingerprint density at radius 3 is 2.41 bits per heavy atom. The minimum atomic E-state index is -0.391. The van der Waals surface area contributed by atoms with Gasteiger partial charge in [-0.25, -0.2) is 4.79 Å². The van der Waals surface area contributed by atoms with E-state index in [2.05, 4.69) is 27.0 Å². The molecule has 7 nitrogen and oxygen atoms in total. The summed E-state index contributed by atoms with van der Waals surface area (Å²) in [6.45, 7) is 13.2. The maximum atomic E-state index is 12.6. The van der Waals surface area contributed by atoms with E-state index in [1.165, 1.54) is 7.11 Å². The summed E-state index contributed by atoms with van der Waals surface area (Å²) in [6.07, 6.45) is 2.44. The Balaban J connectivity index is 1.87. The number of aromatic amines is 1. The highest BCUT2D eigenvalue weighted by Gasteiger charge is 2.24. The van der Waals surface area contributed by atoms with E-state index in [0.29, 0.717) is 29.9 Å². The van der Waals surface area contributed by atoms with Gasteiger partial charge in [0, 0.05) is 38.4 Å². The fourth-order valence-corrected chi connectivity index (χ4v) is 3.67. The van der Waals surface area contributed by atoms with Gasteiger partial charge >= 0.3 is 5.97 Å². The molecule has 0 aromatic carbocycles. The number of nitrogens with one attached hydrogen (secondary N) is 2. The van der Waals surface area contributed by atoms with Gasteiger partial charge in [-0.05, 0) is 38.4 Å². The Labute approximate surface area is 162 Å². The molecule has 0 atom stereocenters. The zero-order valence-corrected chi connectivity index (χ0v) is 17.2. The third-order valence-electron chi connectivity index (χ3n) is 5.26. The van der Waals surface area contributed by atoms with Gasteiger partial charge in [-0.15, -0.1) is 0 Å². The summed E-state index contributed by atoms with van der Waals surface area (Å²) >= 11 is 0. The number of aromatic nitrogens is 1. The molecule has 2 rings (SSSR count). The average molecular weight is 379 g/mol. The number of amides is 1. The van der Waals surface area contributed by atoms with Crippen LogP contribution in [0.3, 0.4) is 0 Å². The summed E-state index contributed by atoms with van der Waals surface area (Å²) in [6, 6.07) is 0.